The van der Waals surface area contributed by atoms with Gasteiger partial charge >= 0.3 is 5.97 Å². The molecule has 6 heteroatoms. The second-order valence-corrected chi connectivity index (χ2v) is 4.25. The predicted octanol–water partition coefficient (Wildman–Crippen LogP) is 2.57. The minimum absolute atomic E-state index is 0.0591. The molecule has 0 heterocycles. The summed E-state index contributed by atoms with van der Waals surface area (Å²) in [5, 5.41) is 9.21. The largest absolute Gasteiger partial charge is 0.493 e. The van der Waals surface area contributed by atoms with Crippen molar-refractivity contribution in [2.75, 3.05) is 27.9 Å². The van der Waals surface area contributed by atoms with Gasteiger partial charge < -0.3 is 18.9 Å². The number of hydrogen-bond donors (Lipinski definition) is 0. The van der Waals surface area contributed by atoms with Gasteiger partial charge in [0, 0.05) is 0 Å². The number of methoxy groups -OCH3 is 3. The minimum Gasteiger partial charge on any atom is -0.493 e. The molecule has 0 aliphatic carbocycles. The zero-order chi connectivity index (χ0) is 16.7. The van der Waals surface area contributed by atoms with Crippen LogP contribution in [-0.4, -0.2) is 33.9 Å². The first-order chi connectivity index (χ1) is 10.5. The molecule has 0 aliphatic heterocycles. The van der Waals surface area contributed by atoms with Crippen LogP contribution in [0.3, 0.4) is 0 Å². The first kappa shape index (κ1) is 17.4. The van der Waals surface area contributed by atoms with Crippen LogP contribution in [0.15, 0.2) is 17.7 Å². The highest BCUT2D eigenvalue weighted by atomic mass is 16.5. The van der Waals surface area contributed by atoms with Crippen molar-refractivity contribution in [3.8, 4) is 23.3 Å². The van der Waals surface area contributed by atoms with Gasteiger partial charge in [0.15, 0.2) is 11.5 Å². The van der Waals surface area contributed by atoms with Crippen LogP contribution in [0.2, 0.25) is 0 Å². The van der Waals surface area contributed by atoms with E-state index in [9.17, 15) is 10.1 Å². The third-order valence-corrected chi connectivity index (χ3v) is 3.06. The van der Waals surface area contributed by atoms with Crippen molar-refractivity contribution in [1.82, 2.24) is 0 Å². The van der Waals surface area contributed by atoms with E-state index in [1.165, 1.54) is 21.3 Å². The standard InChI is InChI=1S/C16H19NO5/c1-6-22-16(18)12(9-17)10(2)11-7-13(19-3)15(21-5)14(8-11)20-4/h7-8H,6H2,1-5H3/b12-10+. The molecule has 1 aromatic carbocycles. The number of esters is 1. The van der Waals surface area contributed by atoms with Crippen molar-refractivity contribution in [3.05, 3.63) is 23.3 Å². The summed E-state index contributed by atoms with van der Waals surface area (Å²) in [5.41, 5.74) is 1.02. The van der Waals surface area contributed by atoms with Crippen molar-refractivity contribution in [1.29, 1.82) is 5.26 Å². The van der Waals surface area contributed by atoms with E-state index < -0.39 is 5.97 Å². The van der Waals surface area contributed by atoms with E-state index in [1.807, 2.05) is 6.07 Å². The Morgan fingerprint density at radius 2 is 1.68 bits per heavy atom. The van der Waals surface area contributed by atoms with Gasteiger partial charge in [-0.3, -0.25) is 0 Å². The summed E-state index contributed by atoms with van der Waals surface area (Å²) in [7, 11) is 4.50. The number of carbonyl (C=O) groups excluding carboxylic acids is 1. The van der Waals surface area contributed by atoms with Gasteiger partial charge in [-0.25, -0.2) is 4.79 Å². The molecule has 0 amide bonds. The molecule has 0 fully saturated rings. The fraction of sp³-hybridized carbons (Fsp3) is 0.375. The lowest BCUT2D eigenvalue weighted by atomic mass is 10.0. The predicted molar refractivity (Wildman–Crippen MR) is 80.9 cm³/mol. The van der Waals surface area contributed by atoms with Crippen LogP contribution in [0.1, 0.15) is 19.4 Å². The molecular formula is C16H19NO5. The molecule has 0 aromatic heterocycles. The van der Waals surface area contributed by atoms with Crippen molar-refractivity contribution < 1.29 is 23.7 Å². The Bertz CT molecular complexity index is 603. The first-order valence-corrected chi connectivity index (χ1v) is 6.62. The monoisotopic (exact) mass is 305 g/mol. The molecule has 1 rings (SSSR count). The highest BCUT2D eigenvalue weighted by molar-refractivity contribution is 6.01. The molecule has 0 saturated heterocycles. The number of rotatable bonds is 6. The number of benzene rings is 1. The fourth-order valence-electron chi connectivity index (χ4n) is 1.93. The van der Waals surface area contributed by atoms with Crippen molar-refractivity contribution in [3.63, 3.8) is 0 Å². The van der Waals surface area contributed by atoms with Gasteiger partial charge in [0.1, 0.15) is 11.6 Å². The van der Waals surface area contributed by atoms with E-state index in [-0.39, 0.29) is 12.2 Å². The van der Waals surface area contributed by atoms with E-state index >= 15 is 0 Å². The summed E-state index contributed by atoms with van der Waals surface area (Å²) in [6.45, 7) is 3.55. The average Bonchev–Trinajstić information content (AvgIpc) is 2.54. The topological polar surface area (TPSA) is 77.8 Å². The molecule has 0 N–H and O–H groups in total. The van der Waals surface area contributed by atoms with Crippen molar-refractivity contribution in [2.45, 2.75) is 13.8 Å². The van der Waals surface area contributed by atoms with E-state index in [4.69, 9.17) is 18.9 Å². The Labute approximate surface area is 129 Å². The Hall–Kier alpha value is -2.68. The van der Waals surface area contributed by atoms with Crippen molar-refractivity contribution >= 4 is 11.5 Å². The lowest BCUT2D eigenvalue weighted by Crippen LogP contribution is -2.08. The van der Waals surface area contributed by atoms with E-state index in [0.29, 0.717) is 28.4 Å². The lowest BCUT2D eigenvalue weighted by Gasteiger charge is -2.15. The van der Waals surface area contributed by atoms with E-state index in [1.54, 1.807) is 26.0 Å². The molecule has 0 unspecified atom stereocenters. The normalized spacial score (nSPS) is 11.1. The molecule has 0 spiro atoms. The van der Waals surface area contributed by atoms with Crippen LogP contribution in [0, 0.1) is 11.3 Å². The average molecular weight is 305 g/mol. The van der Waals surface area contributed by atoms with Crippen LogP contribution in [-0.2, 0) is 9.53 Å². The molecule has 0 saturated carbocycles. The summed E-state index contributed by atoms with van der Waals surface area (Å²) >= 11 is 0. The number of hydrogen-bond acceptors (Lipinski definition) is 6. The number of nitrogens with zero attached hydrogens (tertiary/aromatic N) is 1. The van der Waals surface area contributed by atoms with Crippen LogP contribution < -0.4 is 14.2 Å². The third kappa shape index (κ3) is 3.50. The van der Waals surface area contributed by atoms with Gasteiger partial charge in [-0.2, -0.15) is 5.26 Å². The summed E-state index contributed by atoms with van der Waals surface area (Å²) in [4.78, 5) is 11.8. The van der Waals surface area contributed by atoms with Crippen LogP contribution in [0.5, 0.6) is 17.2 Å². The summed E-state index contributed by atoms with van der Waals surface area (Å²) in [5.74, 6) is 0.669. The molecule has 0 bridgehead atoms. The van der Waals surface area contributed by atoms with Gasteiger partial charge in [0.05, 0.1) is 27.9 Å². The molecule has 6 nitrogen and oxygen atoms in total. The molecule has 118 valence electrons. The van der Waals surface area contributed by atoms with Gasteiger partial charge in [-0.15, -0.1) is 0 Å². The maximum Gasteiger partial charge on any atom is 0.349 e. The summed E-state index contributed by atoms with van der Waals surface area (Å²) in [6.07, 6.45) is 0. The van der Waals surface area contributed by atoms with Crippen LogP contribution in [0.25, 0.3) is 5.57 Å². The second kappa shape index (κ2) is 7.93. The Morgan fingerprint density at radius 3 is 2.05 bits per heavy atom. The van der Waals surface area contributed by atoms with Gasteiger partial charge in [0.25, 0.3) is 0 Å². The molecule has 0 radical (unpaired) electrons. The van der Waals surface area contributed by atoms with E-state index in [0.717, 1.165) is 0 Å². The Balaban J connectivity index is 3.48. The van der Waals surface area contributed by atoms with Gasteiger partial charge in [0.2, 0.25) is 5.75 Å². The van der Waals surface area contributed by atoms with Crippen molar-refractivity contribution in [2.24, 2.45) is 0 Å². The number of nitriles is 1. The minimum atomic E-state index is -0.656. The molecule has 0 atom stereocenters. The zero-order valence-electron chi connectivity index (χ0n) is 13.4. The number of allylic oxidation sites excluding steroid dienone is 1. The maximum absolute atomic E-state index is 11.8. The van der Waals surface area contributed by atoms with Gasteiger partial charge in [-0.05, 0) is 37.1 Å². The summed E-state index contributed by atoms with van der Waals surface area (Å²) in [6, 6.07) is 5.23. The third-order valence-electron chi connectivity index (χ3n) is 3.06. The van der Waals surface area contributed by atoms with Crippen LogP contribution in [0.4, 0.5) is 0 Å². The zero-order valence-corrected chi connectivity index (χ0v) is 13.4. The van der Waals surface area contributed by atoms with E-state index in [2.05, 4.69) is 0 Å². The summed E-state index contributed by atoms with van der Waals surface area (Å²) < 4.78 is 20.7. The second-order valence-electron chi connectivity index (χ2n) is 4.25. The highest BCUT2D eigenvalue weighted by Gasteiger charge is 2.19. The molecular weight excluding hydrogens is 286 g/mol. The van der Waals surface area contributed by atoms with Gasteiger partial charge in [-0.1, -0.05) is 0 Å². The quantitative estimate of drug-likeness (QED) is 0.456. The molecule has 0 aliphatic rings. The SMILES string of the molecule is CCOC(=O)/C(C#N)=C(\C)c1cc(OC)c(OC)c(OC)c1. The molecule has 22 heavy (non-hydrogen) atoms. The fourth-order valence-corrected chi connectivity index (χ4v) is 1.93. The Kier molecular flexibility index (Phi) is 6.26. The molecule has 1 aromatic rings. The number of carbonyl (C=O) groups is 1. The lowest BCUT2D eigenvalue weighted by molar-refractivity contribution is -0.137. The number of ether oxygens (including phenoxy) is 4. The van der Waals surface area contributed by atoms with Crippen LogP contribution >= 0.6 is 0 Å². The highest BCUT2D eigenvalue weighted by Crippen LogP contribution is 2.40. The smallest absolute Gasteiger partial charge is 0.349 e. The Morgan fingerprint density at radius 1 is 1.14 bits per heavy atom. The first-order valence-electron chi connectivity index (χ1n) is 6.62. The maximum atomic E-state index is 11.8.